The Morgan fingerprint density at radius 1 is 0.863 bits per heavy atom. The van der Waals surface area contributed by atoms with E-state index in [2.05, 4.69) is 30.9 Å². The number of halogens is 5. The zero-order chi connectivity index (χ0) is 36.4. The molecular formula is C36H38Cl2F3N7O3. The number of alkyl halides is 3. The van der Waals surface area contributed by atoms with Gasteiger partial charge in [-0.3, -0.25) is 9.97 Å². The molecule has 2 aromatic carbocycles. The van der Waals surface area contributed by atoms with Crippen LogP contribution in [0.4, 0.5) is 13.2 Å². The van der Waals surface area contributed by atoms with E-state index in [0.717, 1.165) is 12.7 Å². The third-order valence-corrected chi connectivity index (χ3v) is 10.7. The van der Waals surface area contributed by atoms with Crippen LogP contribution in [0, 0.1) is 5.41 Å². The number of carbonyl (C=O) groups excluding carboxylic acids is 1. The van der Waals surface area contributed by atoms with E-state index in [1.807, 2.05) is 43.4 Å². The van der Waals surface area contributed by atoms with Crippen molar-refractivity contribution >= 4 is 29.5 Å². The number of benzene rings is 2. The Morgan fingerprint density at radius 3 is 1.84 bits per heavy atom. The summed E-state index contributed by atoms with van der Waals surface area (Å²) in [6.07, 6.45) is 1.40. The number of hydrogen-bond donors (Lipinski definition) is 3. The first-order valence-electron chi connectivity index (χ1n) is 16.5. The highest BCUT2D eigenvalue weighted by Crippen LogP contribution is 2.73. The number of carbonyl (C=O) groups is 1. The lowest BCUT2D eigenvalue weighted by Crippen LogP contribution is -2.77. The highest BCUT2D eigenvalue weighted by atomic mass is 35.5. The first kappa shape index (κ1) is 36.9. The monoisotopic (exact) mass is 743 g/mol. The van der Waals surface area contributed by atoms with E-state index in [4.69, 9.17) is 37.7 Å². The van der Waals surface area contributed by atoms with Crippen molar-refractivity contribution in [3.05, 3.63) is 70.2 Å². The fraction of sp³-hybridized carbons (Fsp3) is 0.417. The van der Waals surface area contributed by atoms with Crippen LogP contribution in [-0.4, -0.2) is 71.8 Å². The van der Waals surface area contributed by atoms with Gasteiger partial charge < -0.3 is 30.2 Å². The minimum absolute atomic E-state index is 0.0783. The molecule has 0 aliphatic heterocycles. The summed E-state index contributed by atoms with van der Waals surface area (Å²) in [7, 11) is 4.86. The molecule has 2 aromatic heterocycles. The molecule has 3 aliphatic rings. The maximum absolute atomic E-state index is 13.3. The van der Waals surface area contributed by atoms with Crippen LogP contribution in [0.3, 0.4) is 0 Å². The molecule has 2 heterocycles. The zero-order valence-electron chi connectivity index (χ0n) is 28.3. The van der Waals surface area contributed by atoms with E-state index in [-0.39, 0.29) is 37.7 Å². The molecule has 3 fully saturated rings. The quantitative estimate of drug-likeness (QED) is 0.105. The van der Waals surface area contributed by atoms with Gasteiger partial charge in [-0.25, -0.2) is 9.97 Å². The number of hydrogen-bond acceptors (Lipinski definition) is 10. The lowest BCUT2D eigenvalue weighted by atomic mass is 9.39. The van der Waals surface area contributed by atoms with Gasteiger partial charge in [0.25, 0.3) is 0 Å². The summed E-state index contributed by atoms with van der Waals surface area (Å²) in [6, 6.07) is 11.2. The molecule has 3 saturated carbocycles. The summed E-state index contributed by atoms with van der Waals surface area (Å²) < 4.78 is 51.0. The summed E-state index contributed by atoms with van der Waals surface area (Å²) in [4.78, 5) is 29.3. The van der Waals surface area contributed by atoms with Gasteiger partial charge in [0.2, 0.25) is 11.8 Å². The molecule has 15 heteroatoms. The van der Waals surface area contributed by atoms with Crippen LogP contribution in [-0.2, 0) is 17.9 Å². The third kappa shape index (κ3) is 7.27. The summed E-state index contributed by atoms with van der Waals surface area (Å²) in [5, 5.41) is 10.6. The molecular weight excluding hydrogens is 706 g/mol. The van der Waals surface area contributed by atoms with E-state index in [1.54, 1.807) is 12.4 Å². The Balaban J connectivity index is 1.19. The standard InChI is InChI=1S/C36H38Cl2F3N7O3/c1-42-21(7-6-12-49)13-43-14-28-32(50-2)47-26(15-44-28)24-10-4-8-22(30(24)37)23-9-5-11-25(31(23)38)27-16-45-29(33(48-27)51-3)17-46-35-18-34(19-35,20-35)36(39,40)41/h4-5,8-12,15-16,21,42-43,46H,6-7,13-14,17-20H2,1-3H3. The SMILES string of the molecule is CNC(CCC=O)CNCc1ncc(-c2cccc(-c3cccc(-c4cnc(CNC56CC(C(F)(F)F)(C5)C6)c(OC)n4)c3Cl)c2Cl)nc1OC. The molecule has 2 bridgehead atoms. The van der Waals surface area contributed by atoms with Gasteiger partial charge >= 0.3 is 6.18 Å². The van der Waals surface area contributed by atoms with Crippen molar-refractivity contribution in [2.24, 2.45) is 5.41 Å². The van der Waals surface area contributed by atoms with Crippen molar-refractivity contribution in [3.63, 3.8) is 0 Å². The molecule has 0 amide bonds. The molecule has 0 radical (unpaired) electrons. The predicted octanol–water partition coefficient (Wildman–Crippen LogP) is 6.82. The maximum atomic E-state index is 13.3. The van der Waals surface area contributed by atoms with Crippen molar-refractivity contribution in [2.75, 3.05) is 27.8 Å². The molecule has 3 N–H and O–H groups in total. The summed E-state index contributed by atoms with van der Waals surface area (Å²) in [6.45, 7) is 1.28. The average molecular weight is 745 g/mol. The number of likely N-dealkylation sites (N-methyl/N-ethyl adjacent to an activating group) is 1. The van der Waals surface area contributed by atoms with Gasteiger partial charge in [-0.05, 0) is 32.7 Å². The average Bonchev–Trinajstić information content (AvgIpc) is 3.08. The summed E-state index contributed by atoms with van der Waals surface area (Å²) in [5.74, 6) is 0.612. The Bertz CT molecular complexity index is 1890. The van der Waals surface area contributed by atoms with E-state index < -0.39 is 17.1 Å². The highest BCUT2D eigenvalue weighted by molar-refractivity contribution is 6.39. The van der Waals surface area contributed by atoms with E-state index in [1.165, 1.54) is 14.2 Å². The molecule has 1 atom stereocenters. The Hall–Kier alpha value is -3.88. The third-order valence-electron chi connectivity index (χ3n) is 9.84. The Kier molecular flexibility index (Phi) is 10.9. The Labute approximate surface area is 303 Å². The molecule has 3 aliphatic carbocycles. The van der Waals surface area contributed by atoms with Crippen LogP contribution in [0.5, 0.6) is 11.8 Å². The normalized spacial score (nSPS) is 19.9. The second kappa shape index (κ2) is 15.0. The summed E-state index contributed by atoms with van der Waals surface area (Å²) in [5.41, 5.74) is 2.58. The first-order valence-corrected chi connectivity index (χ1v) is 17.2. The first-order chi connectivity index (χ1) is 24.5. The fourth-order valence-electron chi connectivity index (χ4n) is 7.03. The van der Waals surface area contributed by atoms with Crippen molar-refractivity contribution < 1.29 is 27.4 Å². The highest BCUT2D eigenvalue weighted by Gasteiger charge is 2.78. The van der Waals surface area contributed by atoms with E-state index in [0.29, 0.717) is 80.5 Å². The number of aromatic nitrogens is 4. The van der Waals surface area contributed by atoms with Crippen LogP contribution in [0.25, 0.3) is 33.6 Å². The smallest absolute Gasteiger partial charge is 0.394 e. The number of nitrogens with one attached hydrogen (secondary N) is 3. The topological polar surface area (TPSA) is 123 Å². The number of nitrogens with zero attached hydrogens (tertiary/aromatic N) is 4. The van der Waals surface area contributed by atoms with E-state index >= 15 is 0 Å². The van der Waals surface area contributed by atoms with Gasteiger partial charge in [0.15, 0.2) is 0 Å². The second-order valence-electron chi connectivity index (χ2n) is 13.1. The van der Waals surface area contributed by atoms with Crippen LogP contribution in [0.15, 0.2) is 48.8 Å². The Morgan fingerprint density at radius 2 is 1.37 bits per heavy atom. The van der Waals surface area contributed by atoms with Gasteiger partial charge in [0.05, 0.1) is 53.5 Å². The summed E-state index contributed by atoms with van der Waals surface area (Å²) >= 11 is 14.0. The lowest BCUT2D eigenvalue weighted by molar-refractivity contribution is -0.339. The largest absolute Gasteiger partial charge is 0.480 e. The number of methoxy groups -OCH3 is 2. The number of ether oxygens (including phenoxy) is 2. The van der Waals surface area contributed by atoms with Crippen LogP contribution >= 0.6 is 23.2 Å². The molecule has 270 valence electrons. The minimum atomic E-state index is -4.17. The van der Waals surface area contributed by atoms with E-state index in [9.17, 15) is 18.0 Å². The van der Waals surface area contributed by atoms with Gasteiger partial charge in [0, 0.05) is 59.9 Å². The lowest BCUT2D eigenvalue weighted by Gasteiger charge is -2.70. The minimum Gasteiger partial charge on any atom is -0.480 e. The molecule has 10 nitrogen and oxygen atoms in total. The zero-order valence-corrected chi connectivity index (χ0v) is 29.8. The van der Waals surface area contributed by atoms with Crippen molar-refractivity contribution in [1.82, 2.24) is 35.9 Å². The van der Waals surface area contributed by atoms with Crippen molar-refractivity contribution in [2.45, 2.75) is 63.0 Å². The molecule has 0 saturated heterocycles. The van der Waals surface area contributed by atoms with Crippen LogP contribution in [0.2, 0.25) is 10.0 Å². The number of rotatable bonds is 16. The molecule has 1 unspecified atom stereocenters. The van der Waals surface area contributed by atoms with Crippen molar-refractivity contribution in [1.29, 1.82) is 0 Å². The molecule has 4 aromatic rings. The second-order valence-corrected chi connectivity index (χ2v) is 13.8. The molecule has 7 rings (SSSR count). The molecule has 0 spiro atoms. The molecule has 51 heavy (non-hydrogen) atoms. The van der Waals surface area contributed by atoms with Gasteiger partial charge in [0.1, 0.15) is 17.7 Å². The van der Waals surface area contributed by atoms with Gasteiger partial charge in [-0.1, -0.05) is 59.6 Å². The van der Waals surface area contributed by atoms with Gasteiger partial charge in [-0.2, -0.15) is 13.2 Å². The van der Waals surface area contributed by atoms with Crippen molar-refractivity contribution in [3.8, 4) is 45.4 Å². The van der Waals surface area contributed by atoms with Crippen LogP contribution in [0.1, 0.15) is 43.5 Å². The predicted molar refractivity (Wildman–Crippen MR) is 189 cm³/mol. The van der Waals surface area contributed by atoms with Crippen LogP contribution < -0.4 is 25.4 Å². The fourth-order valence-corrected chi connectivity index (χ4v) is 7.68. The number of aldehydes is 1. The van der Waals surface area contributed by atoms with Gasteiger partial charge in [-0.15, -0.1) is 0 Å². The maximum Gasteiger partial charge on any atom is 0.394 e.